The van der Waals surface area contributed by atoms with E-state index in [1.54, 1.807) is 18.2 Å². The molecule has 1 N–H and O–H groups in total. The van der Waals surface area contributed by atoms with Crippen molar-refractivity contribution in [2.75, 3.05) is 0 Å². The fourth-order valence-electron chi connectivity index (χ4n) is 1.76. The molecule has 0 aromatic rings. The normalized spacial score (nSPS) is 29.5. The third kappa shape index (κ3) is 1.82. The van der Waals surface area contributed by atoms with Crippen LogP contribution in [0.1, 0.15) is 0 Å². The molecule has 0 saturated carbocycles. The van der Waals surface area contributed by atoms with Crippen LogP contribution in [0.25, 0.3) is 0 Å². The van der Waals surface area contributed by atoms with Crippen molar-refractivity contribution in [3.05, 3.63) is 36.0 Å². The van der Waals surface area contributed by atoms with Crippen LogP contribution < -0.4 is 5.32 Å². The Morgan fingerprint density at radius 2 is 1.87 bits per heavy atom. The van der Waals surface area contributed by atoms with Crippen molar-refractivity contribution < 1.29 is 18.0 Å². The van der Waals surface area contributed by atoms with Gasteiger partial charge in [0.2, 0.25) is 5.91 Å². The van der Waals surface area contributed by atoms with Gasteiger partial charge in [-0.15, -0.1) is 0 Å². The number of fused-ring (bicyclic) bond motifs is 1. The number of allylic oxidation sites excluding steroid dienone is 2. The lowest BCUT2D eigenvalue weighted by atomic mass is 9.85. The predicted molar refractivity (Wildman–Crippen MR) is 47.8 cm³/mol. The van der Waals surface area contributed by atoms with Crippen LogP contribution in [0.4, 0.5) is 13.2 Å². The average Bonchev–Trinajstić information content (AvgIpc) is 2.15. The smallest absolute Gasteiger partial charge is 0.345 e. The lowest BCUT2D eigenvalue weighted by Gasteiger charge is -2.31. The number of hydrogen-bond donors (Lipinski definition) is 1. The van der Waals surface area contributed by atoms with Crippen molar-refractivity contribution in [2.45, 2.75) is 12.2 Å². The molecule has 1 amide bonds. The standard InChI is InChI=1S/C10H8F3NO/c11-10(12,13)7-5-9(15)14-8-4-2-1-3-6(7)8/h1-6,8H,(H,14,15). The van der Waals surface area contributed by atoms with E-state index in [1.807, 2.05) is 0 Å². The molecule has 1 heterocycles. The van der Waals surface area contributed by atoms with Gasteiger partial charge in [-0.25, -0.2) is 0 Å². The number of halogens is 3. The van der Waals surface area contributed by atoms with E-state index in [0.717, 1.165) is 0 Å². The Morgan fingerprint density at radius 3 is 2.53 bits per heavy atom. The fraction of sp³-hybridized carbons (Fsp3) is 0.300. The number of alkyl halides is 3. The minimum Gasteiger partial charge on any atom is -0.345 e. The van der Waals surface area contributed by atoms with Gasteiger partial charge in [0.25, 0.3) is 0 Å². The number of carbonyl (C=O) groups excluding carboxylic acids is 1. The molecule has 2 aliphatic rings. The summed E-state index contributed by atoms with van der Waals surface area (Å²) in [5.41, 5.74) is -0.781. The Labute approximate surface area is 84.2 Å². The molecule has 5 heteroatoms. The van der Waals surface area contributed by atoms with E-state index < -0.39 is 29.6 Å². The molecule has 1 aliphatic heterocycles. The highest BCUT2D eigenvalue weighted by Crippen LogP contribution is 2.36. The van der Waals surface area contributed by atoms with Gasteiger partial charge in [0.1, 0.15) is 0 Å². The molecular formula is C10H8F3NO. The lowest BCUT2D eigenvalue weighted by molar-refractivity contribution is -0.122. The molecule has 2 nitrogen and oxygen atoms in total. The van der Waals surface area contributed by atoms with Crippen LogP contribution >= 0.6 is 0 Å². The van der Waals surface area contributed by atoms with E-state index >= 15 is 0 Å². The highest BCUT2D eigenvalue weighted by molar-refractivity contribution is 5.90. The highest BCUT2D eigenvalue weighted by atomic mass is 19.4. The molecule has 2 unspecified atom stereocenters. The summed E-state index contributed by atoms with van der Waals surface area (Å²) in [5, 5.41) is 2.47. The van der Waals surface area contributed by atoms with Crippen LogP contribution in [0.5, 0.6) is 0 Å². The fourth-order valence-corrected chi connectivity index (χ4v) is 1.76. The van der Waals surface area contributed by atoms with Gasteiger partial charge < -0.3 is 5.32 Å². The molecule has 80 valence electrons. The summed E-state index contributed by atoms with van der Waals surface area (Å²) < 4.78 is 37.7. The summed E-state index contributed by atoms with van der Waals surface area (Å²) in [6, 6.07) is -0.580. The number of amides is 1. The molecule has 0 fully saturated rings. The predicted octanol–water partition coefficient (Wildman–Crippen LogP) is 1.72. The van der Waals surface area contributed by atoms with Gasteiger partial charge in [0.05, 0.1) is 6.04 Å². The van der Waals surface area contributed by atoms with E-state index in [2.05, 4.69) is 5.32 Å². The summed E-state index contributed by atoms with van der Waals surface area (Å²) in [7, 11) is 0. The minimum atomic E-state index is -4.45. The second-order valence-electron chi connectivity index (χ2n) is 3.43. The van der Waals surface area contributed by atoms with Crippen molar-refractivity contribution in [3.8, 4) is 0 Å². The maximum atomic E-state index is 12.6. The molecule has 0 aromatic heterocycles. The zero-order valence-electron chi connectivity index (χ0n) is 7.58. The van der Waals surface area contributed by atoms with Gasteiger partial charge in [-0.05, 0) is 0 Å². The second-order valence-corrected chi connectivity index (χ2v) is 3.43. The van der Waals surface area contributed by atoms with Crippen LogP contribution in [0.15, 0.2) is 36.0 Å². The van der Waals surface area contributed by atoms with Crippen LogP contribution in [-0.4, -0.2) is 18.1 Å². The summed E-state index contributed by atoms with van der Waals surface area (Å²) in [5.74, 6) is -1.49. The average molecular weight is 215 g/mol. The maximum absolute atomic E-state index is 12.6. The van der Waals surface area contributed by atoms with Crippen LogP contribution in [0, 0.1) is 5.92 Å². The maximum Gasteiger partial charge on any atom is 0.413 e. The molecule has 15 heavy (non-hydrogen) atoms. The molecule has 1 aliphatic carbocycles. The first-order valence-corrected chi connectivity index (χ1v) is 4.43. The van der Waals surface area contributed by atoms with E-state index in [-0.39, 0.29) is 0 Å². The molecule has 0 saturated heterocycles. The Morgan fingerprint density at radius 1 is 1.20 bits per heavy atom. The Kier molecular flexibility index (Phi) is 2.17. The van der Waals surface area contributed by atoms with Crippen molar-refractivity contribution in [1.82, 2.24) is 5.32 Å². The molecule has 0 radical (unpaired) electrons. The van der Waals surface area contributed by atoms with Gasteiger partial charge in [-0.1, -0.05) is 24.3 Å². The van der Waals surface area contributed by atoms with Crippen molar-refractivity contribution in [3.63, 3.8) is 0 Å². The molecule has 0 aromatic carbocycles. The summed E-state index contributed by atoms with van der Waals surface area (Å²) >= 11 is 0. The minimum absolute atomic E-state index is 0.580. The van der Waals surface area contributed by atoms with Gasteiger partial charge in [-0.3, -0.25) is 4.79 Å². The number of carbonyl (C=O) groups is 1. The summed E-state index contributed by atoms with van der Waals surface area (Å²) in [6.45, 7) is 0. The number of rotatable bonds is 0. The zero-order chi connectivity index (χ0) is 11.1. The van der Waals surface area contributed by atoms with E-state index in [9.17, 15) is 18.0 Å². The largest absolute Gasteiger partial charge is 0.413 e. The third-order valence-electron chi connectivity index (χ3n) is 2.42. The highest BCUT2D eigenvalue weighted by Gasteiger charge is 2.43. The number of hydrogen-bond acceptors (Lipinski definition) is 1. The first-order chi connectivity index (χ1) is 6.98. The zero-order valence-corrected chi connectivity index (χ0v) is 7.58. The topological polar surface area (TPSA) is 29.1 Å². The van der Waals surface area contributed by atoms with Crippen molar-refractivity contribution in [1.29, 1.82) is 0 Å². The van der Waals surface area contributed by atoms with Crippen molar-refractivity contribution in [2.24, 2.45) is 5.92 Å². The SMILES string of the molecule is O=C1C=C(C(F)(F)F)C2C=CC=CC2N1. The Bertz CT molecular complexity index is 379. The second kappa shape index (κ2) is 3.25. The Balaban J connectivity index is 2.40. The van der Waals surface area contributed by atoms with Crippen LogP contribution in [0.3, 0.4) is 0 Å². The van der Waals surface area contributed by atoms with Gasteiger partial charge in [-0.2, -0.15) is 13.2 Å². The van der Waals surface area contributed by atoms with Crippen LogP contribution in [0.2, 0.25) is 0 Å². The number of nitrogens with one attached hydrogen (secondary N) is 1. The first kappa shape index (κ1) is 10.0. The molecular weight excluding hydrogens is 207 g/mol. The quantitative estimate of drug-likeness (QED) is 0.654. The van der Waals surface area contributed by atoms with E-state index in [4.69, 9.17) is 0 Å². The van der Waals surface area contributed by atoms with E-state index in [1.165, 1.54) is 6.08 Å². The van der Waals surface area contributed by atoms with Gasteiger partial charge in [0, 0.05) is 17.6 Å². The van der Waals surface area contributed by atoms with Gasteiger partial charge in [0.15, 0.2) is 0 Å². The molecule has 0 spiro atoms. The Hall–Kier alpha value is -1.52. The summed E-state index contributed by atoms with van der Waals surface area (Å²) in [6.07, 6.45) is 2.37. The lowest BCUT2D eigenvalue weighted by Crippen LogP contribution is -2.45. The van der Waals surface area contributed by atoms with Crippen LogP contribution in [-0.2, 0) is 4.79 Å². The molecule has 2 rings (SSSR count). The van der Waals surface area contributed by atoms with Crippen molar-refractivity contribution >= 4 is 5.91 Å². The third-order valence-corrected chi connectivity index (χ3v) is 2.42. The molecule has 2 atom stereocenters. The monoisotopic (exact) mass is 215 g/mol. The summed E-state index contributed by atoms with van der Waals surface area (Å²) in [4.78, 5) is 11.0. The van der Waals surface area contributed by atoms with E-state index in [0.29, 0.717) is 6.08 Å². The molecule has 0 bridgehead atoms. The van der Waals surface area contributed by atoms with Gasteiger partial charge >= 0.3 is 6.18 Å². The first-order valence-electron chi connectivity index (χ1n) is 4.43.